The molecule has 0 saturated carbocycles. The van der Waals surface area contributed by atoms with Gasteiger partial charge in [-0.2, -0.15) is 0 Å². The highest BCUT2D eigenvalue weighted by atomic mass is 16.7. The smallest absolute Gasteiger partial charge is 0.259 e. The van der Waals surface area contributed by atoms with Crippen molar-refractivity contribution in [1.82, 2.24) is 15.0 Å². The zero-order chi connectivity index (χ0) is 19.6. The van der Waals surface area contributed by atoms with Crippen LogP contribution in [-0.2, 0) is 0 Å². The quantitative estimate of drug-likeness (QED) is 0.733. The largest absolute Gasteiger partial charge is 0.454 e. The summed E-state index contributed by atoms with van der Waals surface area (Å²) < 4.78 is 10.7. The van der Waals surface area contributed by atoms with Crippen LogP contribution in [0, 0.1) is 0 Å². The minimum Gasteiger partial charge on any atom is -0.454 e. The van der Waals surface area contributed by atoms with Gasteiger partial charge in [0.1, 0.15) is 0 Å². The van der Waals surface area contributed by atoms with Crippen LogP contribution >= 0.6 is 0 Å². The van der Waals surface area contributed by atoms with Gasteiger partial charge in [-0.25, -0.2) is 9.97 Å². The number of ether oxygens (including phenoxy) is 2. The highest BCUT2D eigenvalue weighted by Crippen LogP contribution is 2.34. The average Bonchev–Trinajstić information content (AvgIpc) is 3.46. The molecule has 1 aromatic carbocycles. The van der Waals surface area contributed by atoms with Crippen LogP contribution in [0.2, 0.25) is 0 Å². The first-order valence-electron chi connectivity index (χ1n) is 9.51. The number of aromatic nitrogens is 3. The number of nitrogens with zero attached hydrogens (tertiary/aromatic N) is 4. The number of anilines is 2. The van der Waals surface area contributed by atoms with E-state index < -0.39 is 0 Å². The summed E-state index contributed by atoms with van der Waals surface area (Å²) in [6, 6.07) is 8.97. The Morgan fingerprint density at radius 2 is 1.83 bits per heavy atom. The molecule has 8 nitrogen and oxygen atoms in total. The molecule has 1 amide bonds. The average molecular weight is 389 g/mol. The van der Waals surface area contributed by atoms with Crippen molar-refractivity contribution < 1.29 is 14.3 Å². The van der Waals surface area contributed by atoms with Gasteiger partial charge in [-0.05, 0) is 37.1 Å². The normalized spacial score (nSPS) is 14.8. The van der Waals surface area contributed by atoms with Gasteiger partial charge in [0.05, 0.1) is 11.3 Å². The fourth-order valence-corrected chi connectivity index (χ4v) is 3.51. The number of fused-ring (bicyclic) bond motifs is 1. The molecule has 2 aliphatic heterocycles. The third-order valence-electron chi connectivity index (χ3n) is 4.99. The van der Waals surface area contributed by atoms with Gasteiger partial charge in [-0.3, -0.25) is 9.78 Å². The standard InChI is InChI=1S/C21H19N5O3/c27-20(24-15-3-4-17-18(11-15)29-13-28-17)16-12-23-21(26-9-1-2-10-26)25-19(16)14-5-7-22-8-6-14/h3-8,11-12H,1-2,9-10,13H2,(H,24,27). The van der Waals surface area contributed by atoms with Gasteiger partial charge in [-0.15, -0.1) is 0 Å². The second-order valence-corrected chi connectivity index (χ2v) is 6.88. The lowest BCUT2D eigenvalue weighted by atomic mass is 10.1. The lowest BCUT2D eigenvalue weighted by Gasteiger charge is -2.17. The van der Waals surface area contributed by atoms with Gasteiger partial charge in [0.15, 0.2) is 11.5 Å². The molecule has 1 saturated heterocycles. The van der Waals surface area contributed by atoms with Crippen LogP contribution in [-0.4, -0.2) is 40.7 Å². The highest BCUT2D eigenvalue weighted by molar-refractivity contribution is 6.08. The number of pyridine rings is 1. The Balaban J connectivity index is 1.48. The summed E-state index contributed by atoms with van der Waals surface area (Å²) in [6.07, 6.45) is 7.22. The van der Waals surface area contributed by atoms with Gasteiger partial charge in [0.25, 0.3) is 5.91 Å². The maximum absolute atomic E-state index is 13.0. The molecule has 2 aromatic heterocycles. The van der Waals surface area contributed by atoms with Gasteiger partial charge in [-0.1, -0.05) is 0 Å². The molecule has 1 fully saturated rings. The summed E-state index contributed by atoms with van der Waals surface area (Å²) >= 11 is 0. The Bertz CT molecular complexity index is 1050. The number of amides is 1. The van der Waals surface area contributed by atoms with Crippen LogP contribution in [0.1, 0.15) is 23.2 Å². The van der Waals surface area contributed by atoms with Crippen molar-refractivity contribution in [3.05, 3.63) is 54.5 Å². The summed E-state index contributed by atoms with van der Waals surface area (Å²) in [5, 5.41) is 2.90. The van der Waals surface area contributed by atoms with Crippen LogP contribution in [0.4, 0.5) is 11.6 Å². The van der Waals surface area contributed by atoms with E-state index in [1.165, 1.54) is 0 Å². The van der Waals surface area contributed by atoms with Gasteiger partial charge >= 0.3 is 0 Å². The molecule has 0 bridgehead atoms. The van der Waals surface area contributed by atoms with E-state index in [0.29, 0.717) is 34.4 Å². The summed E-state index contributed by atoms with van der Waals surface area (Å²) in [4.78, 5) is 28.4. The van der Waals surface area contributed by atoms with Crippen LogP contribution in [0.15, 0.2) is 48.9 Å². The van der Waals surface area contributed by atoms with E-state index >= 15 is 0 Å². The Labute approximate surface area is 167 Å². The molecule has 0 aliphatic carbocycles. The molecular weight excluding hydrogens is 370 g/mol. The second-order valence-electron chi connectivity index (χ2n) is 6.88. The van der Waals surface area contributed by atoms with Gasteiger partial charge in [0.2, 0.25) is 12.7 Å². The third kappa shape index (κ3) is 3.44. The monoisotopic (exact) mass is 389 g/mol. The molecular formula is C21H19N5O3. The van der Waals surface area contributed by atoms with E-state index in [9.17, 15) is 4.79 Å². The Morgan fingerprint density at radius 1 is 1.03 bits per heavy atom. The lowest BCUT2D eigenvalue weighted by Crippen LogP contribution is -2.22. The molecule has 3 aromatic rings. The van der Waals surface area contributed by atoms with E-state index in [0.717, 1.165) is 31.5 Å². The fourth-order valence-electron chi connectivity index (χ4n) is 3.51. The predicted octanol–water partition coefficient (Wildman–Crippen LogP) is 3.12. The first-order chi connectivity index (χ1) is 14.3. The van der Waals surface area contributed by atoms with Gasteiger partial charge in [0, 0.05) is 49.0 Å². The molecule has 1 N–H and O–H groups in total. The van der Waals surface area contributed by atoms with E-state index in [1.807, 2.05) is 12.1 Å². The van der Waals surface area contributed by atoms with E-state index in [2.05, 4.69) is 20.2 Å². The Hall–Kier alpha value is -3.68. The first kappa shape index (κ1) is 17.4. The molecule has 0 spiro atoms. The zero-order valence-electron chi connectivity index (χ0n) is 15.7. The van der Waals surface area contributed by atoms with Crippen LogP contribution in [0.3, 0.4) is 0 Å². The lowest BCUT2D eigenvalue weighted by molar-refractivity contribution is 0.102. The van der Waals surface area contributed by atoms with Crippen LogP contribution < -0.4 is 19.7 Å². The van der Waals surface area contributed by atoms with Crippen molar-refractivity contribution in [3.8, 4) is 22.8 Å². The molecule has 4 heterocycles. The first-order valence-corrected chi connectivity index (χ1v) is 9.51. The fraction of sp³-hybridized carbons (Fsp3) is 0.238. The van der Waals surface area contributed by atoms with Gasteiger partial charge < -0.3 is 19.7 Å². The number of carbonyl (C=O) groups is 1. The van der Waals surface area contributed by atoms with Crippen molar-refractivity contribution in [1.29, 1.82) is 0 Å². The summed E-state index contributed by atoms with van der Waals surface area (Å²) in [5.41, 5.74) is 2.42. The molecule has 2 aliphatic rings. The molecule has 8 heteroatoms. The number of nitrogens with one attached hydrogen (secondary N) is 1. The maximum Gasteiger partial charge on any atom is 0.259 e. The number of carbonyl (C=O) groups excluding carboxylic acids is 1. The molecule has 146 valence electrons. The SMILES string of the molecule is O=C(Nc1ccc2c(c1)OCO2)c1cnc(N2CCCC2)nc1-c1ccncc1. The van der Waals surface area contributed by atoms with Crippen molar-refractivity contribution in [3.63, 3.8) is 0 Å². The van der Waals surface area contributed by atoms with E-state index in [1.54, 1.807) is 36.8 Å². The summed E-state index contributed by atoms with van der Waals surface area (Å²) in [6.45, 7) is 2.04. The number of hydrogen-bond acceptors (Lipinski definition) is 7. The molecule has 0 radical (unpaired) electrons. The third-order valence-corrected chi connectivity index (χ3v) is 4.99. The minimum absolute atomic E-state index is 0.185. The predicted molar refractivity (Wildman–Crippen MR) is 107 cm³/mol. The number of benzene rings is 1. The van der Waals surface area contributed by atoms with Crippen molar-refractivity contribution >= 4 is 17.5 Å². The van der Waals surface area contributed by atoms with E-state index in [4.69, 9.17) is 14.5 Å². The molecule has 5 rings (SSSR count). The number of rotatable bonds is 4. The second kappa shape index (κ2) is 7.38. The topological polar surface area (TPSA) is 89.5 Å². The van der Waals surface area contributed by atoms with Crippen molar-refractivity contribution in [2.45, 2.75) is 12.8 Å². The van der Waals surface area contributed by atoms with Crippen molar-refractivity contribution in [2.75, 3.05) is 30.1 Å². The summed E-state index contributed by atoms with van der Waals surface area (Å²) in [5.74, 6) is 1.63. The van der Waals surface area contributed by atoms with Crippen LogP contribution in [0.5, 0.6) is 11.5 Å². The van der Waals surface area contributed by atoms with Crippen LogP contribution in [0.25, 0.3) is 11.3 Å². The zero-order valence-corrected chi connectivity index (χ0v) is 15.7. The highest BCUT2D eigenvalue weighted by Gasteiger charge is 2.21. The van der Waals surface area contributed by atoms with Crippen molar-refractivity contribution in [2.24, 2.45) is 0 Å². The Kier molecular flexibility index (Phi) is 4.44. The molecule has 0 unspecified atom stereocenters. The number of hydrogen-bond donors (Lipinski definition) is 1. The summed E-state index contributed by atoms with van der Waals surface area (Å²) in [7, 11) is 0. The van der Waals surface area contributed by atoms with E-state index in [-0.39, 0.29) is 12.7 Å². The molecule has 0 atom stereocenters. The molecule has 29 heavy (non-hydrogen) atoms. The minimum atomic E-state index is -0.288. The Morgan fingerprint density at radius 3 is 2.66 bits per heavy atom. The maximum atomic E-state index is 13.0.